The summed E-state index contributed by atoms with van der Waals surface area (Å²) in [6.07, 6.45) is -1.74. The van der Waals surface area contributed by atoms with Gasteiger partial charge in [0.15, 0.2) is 5.76 Å². The molecule has 34 heavy (non-hydrogen) atoms. The smallest absolute Gasteiger partial charge is 0.406 e. The summed E-state index contributed by atoms with van der Waals surface area (Å²) in [5, 5.41) is 6.50. The molecule has 0 bridgehead atoms. The zero-order chi connectivity index (χ0) is 24.5. The number of nitrogens with one attached hydrogen (secondary N) is 1. The number of nitrogens with two attached hydrogens (primary N) is 1. The van der Waals surface area contributed by atoms with Crippen molar-refractivity contribution >= 4 is 12.1 Å². The molecule has 2 heterocycles. The lowest BCUT2D eigenvalue weighted by molar-refractivity contribution is -0.274. The van der Waals surface area contributed by atoms with Crippen LogP contribution in [0.15, 0.2) is 28.8 Å². The van der Waals surface area contributed by atoms with Crippen LogP contribution in [-0.4, -0.2) is 58.6 Å². The highest BCUT2D eigenvalue weighted by Gasteiger charge is 2.39. The molecule has 0 unspecified atom stereocenters. The van der Waals surface area contributed by atoms with Crippen molar-refractivity contribution in [1.29, 1.82) is 0 Å². The first-order valence-corrected chi connectivity index (χ1v) is 10.7. The maximum atomic E-state index is 13.8. The van der Waals surface area contributed by atoms with Crippen LogP contribution in [0.5, 0.6) is 5.75 Å². The number of hydrogen-bond donors (Lipinski definition) is 2. The van der Waals surface area contributed by atoms with Crippen LogP contribution in [0, 0.1) is 5.82 Å². The predicted molar refractivity (Wildman–Crippen MR) is 110 cm³/mol. The van der Waals surface area contributed by atoms with Gasteiger partial charge in [0.05, 0.1) is 12.6 Å². The number of carbonyl (C=O) groups is 2. The van der Waals surface area contributed by atoms with Crippen molar-refractivity contribution in [3.05, 3.63) is 35.8 Å². The quantitative estimate of drug-likeness (QED) is 0.607. The molecule has 1 aromatic heterocycles. The topological polar surface area (TPSA) is 114 Å². The number of rotatable bonds is 6. The van der Waals surface area contributed by atoms with Gasteiger partial charge in [0.25, 0.3) is 0 Å². The fourth-order valence-corrected chi connectivity index (χ4v) is 4.05. The van der Waals surface area contributed by atoms with E-state index in [0.717, 1.165) is 37.8 Å². The van der Waals surface area contributed by atoms with Gasteiger partial charge in [0, 0.05) is 36.8 Å². The van der Waals surface area contributed by atoms with Gasteiger partial charge >= 0.3 is 18.4 Å². The number of urea groups is 2. The normalized spacial score (nSPS) is 18.5. The molecule has 184 valence electrons. The Bertz CT molecular complexity index is 1060. The summed E-state index contributed by atoms with van der Waals surface area (Å²) in [5.74, 6) is -1.44. The molecule has 1 saturated heterocycles. The molecule has 2 aliphatic rings. The number of hydrogen-bond acceptors (Lipinski definition) is 5. The highest BCUT2D eigenvalue weighted by atomic mass is 19.4. The van der Waals surface area contributed by atoms with Crippen LogP contribution in [0.3, 0.4) is 0 Å². The zero-order valence-corrected chi connectivity index (χ0v) is 18.0. The summed E-state index contributed by atoms with van der Waals surface area (Å²) in [4.78, 5) is 27.7. The number of carbonyl (C=O) groups excluding carboxylic acids is 2. The van der Waals surface area contributed by atoms with Crippen molar-refractivity contribution in [2.45, 2.75) is 50.7 Å². The molecular formula is C21H23F4N5O4. The molecule has 3 N–H and O–H groups in total. The fraction of sp³-hybridized carbons (Fsp3) is 0.476. The van der Waals surface area contributed by atoms with Gasteiger partial charge in [0.2, 0.25) is 0 Å². The van der Waals surface area contributed by atoms with Crippen LogP contribution in [0.4, 0.5) is 27.2 Å². The Kier molecular flexibility index (Phi) is 6.53. The zero-order valence-electron chi connectivity index (χ0n) is 18.0. The summed E-state index contributed by atoms with van der Waals surface area (Å²) < 4.78 is 60.1. The number of primary amides is 1. The van der Waals surface area contributed by atoms with Crippen molar-refractivity contribution in [3.8, 4) is 17.0 Å². The van der Waals surface area contributed by atoms with Crippen LogP contribution in [0.2, 0.25) is 0 Å². The fourth-order valence-electron chi connectivity index (χ4n) is 4.05. The molecule has 2 fully saturated rings. The molecule has 1 aliphatic carbocycles. The number of benzene rings is 1. The number of halogens is 4. The van der Waals surface area contributed by atoms with Crippen molar-refractivity contribution in [3.63, 3.8) is 0 Å². The Morgan fingerprint density at radius 3 is 2.65 bits per heavy atom. The molecule has 0 spiro atoms. The number of piperidine rings is 1. The van der Waals surface area contributed by atoms with E-state index in [2.05, 4.69) is 15.2 Å². The molecular weight excluding hydrogens is 462 g/mol. The van der Waals surface area contributed by atoms with E-state index in [1.165, 1.54) is 11.0 Å². The van der Waals surface area contributed by atoms with Crippen molar-refractivity contribution in [2.24, 2.45) is 5.73 Å². The molecule has 2 aromatic rings. The molecule has 1 aliphatic heterocycles. The minimum absolute atomic E-state index is 0.0222. The number of likely N-dealkylation sites (tertiary alicyclic amines) is 1. The first-order chi connectivity index (χ1) is 16.1. The van der Waals surface area contributed by atoms with E-state index in [9.17, 15) is 27.2 Å². The third-order valence-corrected chi connectivity index (χ3v) is 5.65. The summed E-state index contributed by atoms with van der Waals surface area (Å²) in [6, 6.07) is 3.06. The van der Waals surface area contributed by atoms with Gasteiger partial charge in [-0.1, -0.05) is 5.16 Å². The van der Waals surface area contributed by atoms with Gasteiger partial charge < -0.3 is 30.1 Å². The predicted octanol–water partition coefficient (Wildman–Crippen LogP) is 3.60. The number of alkyl halides is 3. The highest BCUT2D eigenvalue weighted by molar-refractivity contribution is 5.76. The minimum Gasteiger partial charge on any atom is -0.406 e. The number of ether oxygens (including phenoxy) is 1. The van der Waals surface area contributed by atoms with E-state index < -0.39 is 24.0 Å². The number of aromatic nitrogens is 1. The monoisotopic (exact) mass is 485 g/mol. The van der Waals surface area contributed by atoms with Gasteiger partial charge in [-0.05, 0) is 37.8 Å². The van der Waals surface area contributed by atoms with Crippen molar-refractivity contribution in [1.82, 2.24) is 20.3 Å². The average molecular weight is 485 g/mol. The Morgan fingerprint density at radius 1 is 1.21 bits per heavy atom. The lowest BCUT2D eigenvalue weighted by Crippen LogP contribution is -2.55. The maximum Gasteiger partial charge on any atom is 0.573 e. The van der Waals surface area contributed by atoms with E-state index in [1.54, 1.807) is 4.90 Å². The molecule has 1 aromatic carbocycles. The molecule has 4 amide bonds. The van der Waals surface area contributed by atoms with Crippen molar-refractivity contribution < 1.29 is 36.4 Å². The standard InChI is InChI=1S/C21H23F4N5O4/c22-13-6-12(7-16(8-13)33-21(23,24)25)18-9-17(34-28-18)10-27-20(32)30(14-3-4-14)15-2-1-5-29(11-15)19(26)31/h6-9,14-15H,1-5,10-11H2,(H2,26,31)(H,27,32)/t15-/m1/s1. The van der Waals surface area contributed by atoms with E-state index >= 15 is 0 Å². The maximum absolute atomic E-state index is 13.8. The minimum atomic E-state index is -4.97. The SMILES string of the molecule is NC(=O)N1CCC[C@@H](N(C(=O)NCc2cc(-c3cc(F)cc(OC(F)(F)F)c3)no2)C2CC2)C1. The molecule has 9 nitrogen and oxygen atoms in total. The van der Waals surface area contributed by atoms with Gasteiger partial charge in [-0.2, -0.15) is 0 Å². The van der Waals surface area contributed by atoms with Gasteiger partial charge in [-0.3, -0.25) is 0 Å². The van der Waals surface area contributed by atoms with Crippen LogP contribution in [0.1, 0.15) is 31.4 Å². The second-order valence-corrected chi connectivity index (χ2v) is 8.28. The summed E-state index contributed by atoms with van der Waals surface area (Å²) in [6.45, 7) is 0.888. The van der Waals surface area contributed by atoms with Gasteiger partial charge in [0.1, 0.15) is 17.3 Å². The largest absolute Gasteiger partial charge is 0.573 e. The molecule has 1 saturated carbocycles. The average Bonchev–Trinajstić information content (AvgIpc) is 3.46. The number of nitrogens with zero attached hydrogens (tertiary/aromatic N) is 3. The van der Waals surface area contributed by atoms with Crippen LogP contribution in [0.25, 0.3) is 11.3 Å². The molecule has 4 rings (SSSR count). The van der Waals surface area contributed by atoms with E-state index in [1.807, 2.05) is 0 Å². The van der Waals surface area contributed by atoms with Gasteiger partial charge in [-0.25, -0.2) is 14.0 Å². The third kappa shape index (κ3) is 5.88. The second-order valence-electron chi connectivity index (χ2n) is 8.28. The lowest BCUT2D eigenvalue weighted by Gasteiger charge is -2.38. The van der Waals surface area contributed by atoms with Gasteiger partial charge in [-0.15, -0.1) is 13.2 Å². The Hall–Kier alpha value is -3.51. The first kappa shape index (κ1) is 23.6. The Morgan fingerprint density at radius 2 is 1.97 bits per heavy atom. The Balaban J connectivity index is 1.40. The third-order valence-electron chi connectivity index (χ3n) is 5.65. The second kappa shape index (κ2) is 9.39. The van der Waals surface area contributed by atoms with Crippen LogP contribution < -0.4 is 15.8 Å². The molecule has 13 heteroatoms. The van der Waals surface area contributed by atoms with Crippen LogP contribution >= 0.6 is 0 Å². The summed E-state index contributed by atoms with van der Waals surface area (Å²) in [7, 11) is 0. The molecule has 0 radical (unpaired) electrons. The lowest BCUT2D eigenvalue weighted by atomic mass is 10.0. The molecule has 1 atom stereocenters. The highest BCUT2D eigenvalue weighted by Crippen LogP contribution is 2.32. The van der Waals surface area contributed by atoms with Crippen molar-refractivity contribution in [2.75, 3.05) is 13.1 Å². The summed E-state index contributed by atoms with van der Waals surface area (Å²) in [5.41, 5.74) is 5.50. The van der Waals surface area contributed by atoms with E-state index in [-0.39, 0.29) is 41.7 Å². The van der Waals surface area contributed by atoms with E-state index in [0.29, 0.717) is 19.2 Å². The van der Waals surface area contributed by atoms with E-state index in [4.69, 9.17) is 10.3 Å². The first-order valence-electron chi connectivity index (χ1n) is 10.7. The number of amides is 4. The summed E-state index contributed by atoms with van der Waals surface area (Å²) >= 11 is 0. The Labute approximate surface area is 191 Å². The van der Waals surface area contributed by atoms with Crippen LogP contribution in [-0.2, 0) is 6.54 Å².